The molecule has 9 nitrogen and oxygen atoms in total. The number of ether oxygens (including phenoxy) is 3. The van der Waals surface area contributed by atoms with Crippen LogP contribution in [0.1, 0.15) is 11.1 Å². The summed E-state index contributed by atoms with van der Waals surface area (Å²) in [4.78, 5) is 12.1. The lowest BCUT2D eigenvalue weighted by molar-refractivity contribution is 0.150. The van der Waals surface area contributed by atoms with E-state index in [1.54, 1.807) is 10.7 Å². The van der Waals surface area contributed by atoms with Crippen LogP contribution in [0.4, 0.5) is 21.9 Å². The van der Waals surface area contributed by atoms with Crippen molar-refractivity contribution in [2.24, 2.45) is 0 Å². The van der Waals surface area contributed by atoms with Crippen molar-refractivity contribution >= 4 is 28.7 Å². The van der Waals surface area contributed by atoms with Crippen molar-refractivity contribution < 1.29 is 19.0 Å². The Balaban J connectivity index is 1.38. The van der Waals surface area contributed by atoms with Crippen molar-refractivity contribution in [2.45, 2.75) is 13.0 Å². The molecule has 0 bridgehead atoms. The van der Waals surface area contributed by atoms with Crippen molar-refractivity contribution in [1.82, 2.24) is 9.61 Å². The largest absolute Gasteiger partial charge is 0.457 e. The molecule has 0 saturated carbocycles. The van der Waals surface area contributed by atoms with Crippen LogP contribution in [0.3, 0.4) is 0 Å². The molecule has 0 aliphatic carbocycles. The van der Waals surface area contributed by atoms with Gasteiger partial charge in [0.2, 0.25) is 0 Å². The Morgan fingerprint density at radius 3 is 2.65 bits per heavy atom. The molecule has 0 radical (unpaired) electrons. The number of aromatic nitrogens is 2. The number of epoxide rings is 1. The molecule has 1 amide bonds. The van der Waals surface area contributed by atoms with Crippen LogP contribution in [0.25, 0.3) is 5.52 Å². The predicted molar refractivity (Wildman–Crippen MR) is 126 cm³/mol. The quantitative estimate of drug-likeness (QED) is 0.377. The van der Waals surface area contributed by atoms with E-state index in [1.807, 2.05) is 61.5 Å². The fraction of sp³-hybridized carbons (Fsp3) is 0.160. The van der Waals surface area contributed by atoms with Crippen LogP contribution in [0.15, 0.2) is 67.0 Å². The van der Waals surface area contributed by atoms with Crippen molar-refractivity contribution in [1.29, 1.82) is 5.26 Å². The molecule has 2 aromatic heterocycles. The number of nitrogens with zero attached hydrogens (tertiary/aromatic N) is 3. The first-order valence-electron chi connectivity index (χ1n) is 10.7. The molecule has 1 aliphatic rings. The number of carbonyl (C=O) groups is 1. The molecular weight excluding hydrogens is 434 g/mol. The highest BCUT2D eigenvalue weighted by molar-refractivity contribution is 5.92. The van der Waals surface area contributed by atoms with E-state index in [0.717, 1.165) is 17.0 Å². The Kier molecular flexibility index (Phi) is 5.72. The maximum Gasteiger partial charge on any atom is 0.411 e. The Bertz CT molecular complexity index is 1370. The zero-order chi connectivity index (χ0) is 23.5. The van der Waals surface area contributed by atoms with Gasteiger partial charge >= 0.3 is 6.09 Å². The number of benzene rings is 2. The highest BCUT2D eigenvalue weighted by Gasteiger charge is 2.24. The molecule has 34 heavy (non-hydrogen) atoms. The molecule has 1 aliphatic heterocycles. The van der Waals surface area contributed by atoms with E-state index in [-0.39, 0.29) is 12.7 Å². The molecule has 1 atom stereocenters. The van der Waals surface area contributed by atoms with Gasteiger partial charge < -0.3 is 19.5 Å². The Morgan fingerprint density at radius 1 is 1.21 bits per heavy atom. The smallest absolute Gasteiger partial charge is 0.411 e. The number of para-hydroxylation sites is 1. The van der Waals surface area contributed by atoms with Crippen molar-refractivity contribution in [3.05, 3.63) is 78.1 Å². The standard InChI is InChI=1S/C25H21N5O4/c1-16-22(29-25(31)33-15-21-14-32-21)13-30-24(16)23(17(11-26)12-27-30)28-18-7-9-20(10-8-18)34-19-5-3-2-4-6-19/h2-10,12-13,21,28H,14-15H2,1H3,(H,29,31). The van der Waals surface area contributed by atoms with Crippen LogP contribution in [-0.2, 0) is 9.47 Å². The lowest BCUT2D eigenvalue weighted by Gasteiger charge is -2.12. The van der Waals surface area contributed by atoms with E-state index in [2.05, 4.69) is 21.8 Å². The van der Waals surface area contributed by atoms with Crippen molar-refractivity contribution in [2.75, 3.05) is 23.8 Å². The van der Waals surface area contributed by atoms with Gasteiger partial charge in [0, 0.05) is 11.3 Å². The molecule has 5 rings (SSSR count). The minimum absolute atomic E-state index is 0.0138. The van der Waals surface area contributed by atoms with Crippen LogP contribution < -0.4 is 15.4 Å². The zero-order valence-electron chi connectivity index (χ0n) is 18.3. The third kappa shape index (κ3) is 4.62. The molecule has 2 aromatic carbocycles. The van der Waals surface area contributed by atoms with E-state index >= 15 is 0 Å². The molecule has 0 spiro atoms. The first-order valence-corrected chi connectivity index (χ1v) is 10.7. The third-order valence-corrected chi connectivity index (χ3v) is 5.32. The van der Waals surface area contributed by atoms with Gasteiger partial charge in [0.25, 0.3) is 0 Å². The van der Waals surface area contributed by atoms with Gasteiger partial charge in [-0.15, -0.1) is 0 Å². The maximum atomic E-state index is 12.1. The summed E-state index contributed by atoms with van der Waals surface area (Å²) in [5.74, 6) is 1.44. The Morgan fingerprint density at radius 2 is 1.94 bits per heavy atom. The molecular formula is C25H21N5O4. The van der Waals surface area contributed by atoms with E-state index in [4.69, 9.17) is 14.2 Å². The summed E-state index contributed by atoms with van der Waals surface area (Å²) in [6.07, 6.45) is 2.58. The van der Waals surface area contributed by atoms with E-state index < -0.39 is 6.09 Å². The molecule has 4 aromatic rings. The normalized spacial score (nSPS) is 14.3. The van der Waals surface area contributed by atoms with Gasteiger partial charge in [-0.1, -0.05) is 18.2 Å². The first kappa shape index (κ1) is 21.3. The number of carbonyl (C=O) groups excluding carboxylic acids is 1. The average molecular weight is 455 g/mol. The van der Waals surface area contributed by atoms with Gasteiger partial charge in [-0.3, -0.25) is 5.32 Å². The van der Waals surface area contributed by atoms with Crippen molar-refractivity contribution in [3.8, 4) is 17.6 Å². The second-order valence-corrected chi connectivity index (χ2v) is 7.75. The van der Waals surface area contributed by atoms with Crippen LogP contribution in [-0.4, -0.2) is 35.0 Å². The molecule has 170 valence electrons. The number of anilines is 3. The fourth-order valence-electron chi connectivity index (χ4n) is 3.48. The van der Waals surface area contributed by atoms with Crippen LogP contribution in [0.5, 0.6) is 11.5 Å². The van der Waals surface area contributed by atoms with Gasteiger partial charge in [0.05, 0.1) is 41.5 Å². The van der Waals surface area contributed by atoms with Gasteiger partial charge in [0.1, 0.15) is 30.3 Å². The van der Waals surface area contributed by atoms with Crippen LogP contribution in [0.2, 0.25) is 0 Å². The summed E-state index contributed by atoms with van der Waals surface area (Å²) in [5, 5.41) is 20.0. The lowest BCUT2D eigenvalue weighted by atomic mass is 10.1. The molecule has 2 N–H and O–H groups in total. The SMILES string of the molecule is Cc1c(NC(=O)OCC2CO2)cn2ncc(C#N)c(Nc3ccc(Oc4ccccc4)cc3)c12. The molecule has 1 fully saturated rings. The lowest BCUT2D eigenvalue weighted by Crippen LogP contribution is -2.16. The molecule has 3 heterocycles. The summed E-state index contributed by atoms with van der Waals surface area (Å²) < 4.78 is 17.7. The number of nitrogens with one attached hydrogen (secondary N) is 2. The highest BCUT2D eigenvalue weighted by atomic mass is 16.6. The second kappa shape index (κ2) is 9.13. The Labute approximate surface area is 195 Å². The summed E-state index contributed by atoms with van der Waals surface area (Å²) in [6.45, 7) is 2.67. The number of hydrogen-bond donors (Lipinski definition) is 2. The number of fused-ring (bicyclic) bond motifs is 1. The maximum absolute atomic E-state index is 12.1. The van der Waals surface area contributed by atoms with Crippen LogP contribution in [0, 0.1) is 18.3 Å². The summed E-state index contributed by atoms with van der Waals surface area (Å²) >= 11 is 0. The summed E-state index contributed by atoms with van der Waals surface area (Å²) in [6, 6.07) is 19.1. The number of amides is 1. The Hall–Kier alpha value is -4.55. The summed E-state index contributed by atoms with van der Waals surface area (Å²) in [5.41, 5.74) is 3.68. The molecule has 1 saturated heterocycles. The number of aryl methyl sites for hydroxylation is 1. The zero-order valence-corrected chi connectivity index (χ0v) is 18.3. The van der Waals surface area contributed by atoms with Gasteiger partial charge in [-0.2, -0.15) is 10.4 Å². The fourth-order valence-corrected chi connectivity index (χ4v) is 3.48. The minimum Gasteiger partial charge on any atom is -0.457 e. The van der Waals surface area contributed by atoms with E-state index in [9.17, 15) is 10.1 Å². The monoisotopic (exact) mass is 455 g/mol. The predicted octanol–water partition coefficient (Wildman–Crippen LogP) is 5.00. The second-order valence-electron chi connectivity index (χ2n) is 7.75. The number of hydrogen-bond acceptors (Lipinski definition) is 7. The van der Waals surface area contributed by atoms with E-state index in [1.165, 1.54) is 6.20 Å². The van der Waals surface area contributed by atoms with Crippen molar-refractivity contribution in [3.63, 3.8) is 0 Å². The molecule has 9 heteroatoms. The van der Waals surface area contributed by atoms with E-state index in [0.29, 0.717) is 34.8 Å². The third-order valence-electron chi connectivity index (χ3n) is 5.32. The number of nitriles is 1. The highest BCUT2D eigenvalue weighted by Crippen LogP contribution is 2.33. The topological polar surface area (TPSA) is 113 Å². The average Bonchev–Trinajstić information content (AvgIpc) is 3.63. The summed E-state index contributed by atoms with van der Waals surface area (Å²) in [7, 11) is 0. The van der Waals surface area contributed by atoms with Gasteiger partial charge in [-0.25, -0.2) is 9.31 Å². The van der Waals surface area contributed by atoms with Gasteiger partial charge in [-0.05, 0) is 43.3 Å². The number of rotatable bonds is 7. The minimum atomic E-state index is -0.571. The van der Waals surface area contributed by atoms with Crippen LogP contribution >= 0.6 is 0 Å². The first-order chi connectivity index (χ1) is 16.6. The van der Waals surface area contributed by atoms with Gasteiger partial charge in [0.15, 0.2) is 0 Å². The molecule has 1 unspecified atom stereocenters.